The number of benzene rings is 1. The Morgan fingerprint density at radius 2 is 2.23 bits per heavy atom. The number of nitrogens with one attached hydrogen (secondary N) is 1. The molecular weight excluding hydrogens is 276 g/mol. The van der Waals surface area contributed by atoms with Gasteiger partial charge in [-0.1, -0.05) is 29.8 Å². The number of rotatable bonds is 4. The van der Waals surface area contributed by atoms with Crippen LogP contribution in [0.2, 0.25) is 0 Å². The Morgan fingerprint density at radius 3 is 2.95 bits per heavy atom. The molecule has 0 unspecified atom stereocenters. The van der Waals surface area contributed by atoms with E-state index < -0.39 is 0 Å². The number of hydrogen-bond donors (Lipinski definition) is 1. The molecule has 2 aliphatic rings. The van der Waals surface area contributed by atoms with Gasteiger partial charge in [-0.15, -0.1) is 0 Å². The summed E-state index contributed by atoms with van der Waals surface area (Å²) in [6, 6.07) is 8.83. The van der Waals surface area contributed by atoms with Gasteiger partial charge in [0.2, 0.25) is 5.91 Å². The predicted octanol–water partition coefficient (Wildman–Crippen LogP) is 2.11. The van der Waals surface area contributed by atoms with Crippen LogP contribution in [-0.4, -0.2) is 42.1 Å². The third kappa shape index (κ3) is 3.50. The molecule has 2 aliphatic heterocycles. The first kappa shape index (κ1) is 15.5. The van der Waals surface area contributed by atoms with Crippen molar-refractivity contribution in [2.75, 3.05) is 13.1 Å². The average molecular weight is 302 g/mol. The minimum atomic E-state index is 0.00918. The molecule has 2 saturated heterocycles. The summed E-state index contributed by atoms with van der Waals surface area (Å²) in [4.78, 5) is 14.7. The number of nitrogens with zero attached hydrogens (tertiary/aromatic N) is 1. The van der Waals surface area contributed by atoms with Crippen LogP contribution in [0.25, 0.3) is 0 Å². The fourth-order valence-electron chi connectivity index (χ4n) is 3.60. The number of carbonyl (C=O) groups excluding carboxylic acids is 1. The molecule has 1 aromatic rings. The molecular formula is C18H26N2O2. The molecule has 0 saturated carbocycles. The summed E-state index contributed by atoms with van der Waals surface area (Å²) in [5, 5.41) is 3.03. The monoisotopic (exact) mass is 302 g/mol. The zero-order chi connectivity index (χ0) is 15.7. The number of amides is 1. The highest BCUT2D eigenvalue weighted by molar-refractivity contribution is 5.80. The Hall–Kier alpha value is -1.39. The van der Waals surface area contributed by atoms with Crippen LogP contribution in [0.5, 0.6) is 0 Å². The Morgan fingerprint density at radius 1 is 1.41 bits per heavy atom. The number of carbonyl (C=O) groups is 1. The van der Waals surface area contributed by atoms with E-state index >= 15 is 0 Å². The van der Waals surface area contributed by atoms with Gasteiger partial charge in [0.25, 0.3) is 0 Å². The summed E-state index contributed by atoms with van der Waals surface area (Å²) in [6.07, 6.45) is 1.10. The number of aryl methyl sites for hydroxylation is 1. The van der Waals surface area contributed by atoms with E-state index in [9.17, 15) is 4.79 Å². The molecule has 0 radical (unpaired) electrons. The van der Waals surface area contributed by atoms with Crippen molar-refractivity contribution >= 4 is 5.91 Å². The van der Waals surface area contributed by atoms with Gasteiger partial charge in [-0.2, -0.15) is 0 Å². The minimum absolute atomic E-state index is 0.00918. The van der Waals surface area contributed by atoms with Gasteiger partial charge in [0.1, 0.15) is 0 Å². The maximum atomic E-state index is 12.3. The summed E-state index contributed by atoms with van der Waals surface area (Å²) < 4.78 is 6.00. The van der Waals surface area contributed by atoms with Gasteiger partial charge in [0.05, 0.1) is 18.1 Å². The molecule has 4 heteroatoms. The fourth-order valence-corrected chi connectivity index (χ4v) is 3.60. The lowest BCUT2D eigenvalue weighted by atomic mass is 9.99. The molecule has 1 amide bonds. The van der Waals surface area contributed by atoms with Crippen molar-refractivity contribution < 1.29 is 9.53 Å². The van der Waals surface area contributed by atoms with Gasteiger partial charge in [0.15, 0.2) is 0 Å². The zero-order valence-electron chi connectivity index (χ0n) is 13.7. The smallest absolute Gasteiger partial charge is 0.226 e. The van der Waals surface area contributed by atoms with Crippen LogP contribution in [-0.2, 0) is 16.1 Å². The average Bonchev–Trinajstić information content (AvgIpc) is 2.73. The largest absolute Gasteiger partial charge is 0.371 e. The Kier molecular flexibility index (Phi) is 4.50. The predicted molar refractivity (Wildman–Crippen MR) is 86.5 cm³/mol. The van der Waals surface area contributed by atoms with Crippen molar-refractivity contribution in [3.05, 3.63) is 35.4 Å². The normalized spacial score (nSPS) is 28.1. The second-order valence-electron chi connectivity index (χ2n) is 6.99. The summed E-state index contributed by atoms with van der Waals surface area (Å²) in [5.41, 5.74) is 2.63. The molecule has 1 aromatic carbocycles. The molecule has 0 aromatic heterocycles. The van der Waals surface area contributed by atoms with E-state index in [1.165, 1.54) is 11.1 Å². The number of likely N-dealkylation sites (tertiary alicyclic amines) is 1. The van der Waals surface area contributed by atoms with E-state index in [0.29, 0.717) is 0 Å². The van der Waals surface area contributed by atoms with Gasteiger partial charge in [-0.05, 0) is 32.8 Å². The molecule has 3 rings (SSSR count). The molecule has 120 valence electrons. The summed E-state index contributed by atoms with van der Waals surface area (Å²) in [6.45, 7) is 8.85. The molecule has 3 atom stereocenters. The minimum Gasteiger partial charge on any atom is -0.371 e. The quantitative estimate of drug-likeness (QED) is 0.926. The second kappa shape index (κ2) is 6.39. The van der Waals surface area contributed by atoms with Crippen molar-refractivity contribution in [1.29, 1.82) is 0 Å². The summed E-state index contributed by atoms with van der Waals surface area (Å²) in [5.74, 6) is 0.162. The van der Waals surface area contributed by atoms with Gasteiger partial charge in [-0.25, -0.2) is 0 Å². The van der Waals surface area contributed by atoms with Crippen LogP contribution in [0.15, 0.2) is 24.3 Å². The van der Waals surface area contributed by atoms with E-state index in [-0.39, 0.29) is 30.1 Å². The van der Waals surface area contributed by atoms with Crippen molar-refractivity contribution in [2.45, 2.75) is 52.0 Å². The Balaban J connectivity index is 1.62. The highest BCUT2D eigenvalue weighted by Gasteiger charge is 2.44. The third-order valence-electron chi connectivity index (χ3n) is 4.49. The molecule has 0 aliphatic carbocycles. The standard InChI is InChI=1S/C18H26N2O2/c1-12(2)19-18(21)16-8-15-10-20(11-17(16)22-15)9-14-6-4-5-13(3)7-14/h4-7,12,15-17H,8-11H2,1-3H3,(H,19,21)/t15-,16+,17-/m1/s1. The molecule has 1 N–H and O–H groups in total. The maximum Gasteiger partial charge on any atom is 0.226 e. The first-order valence-corrected chi connectivity index (χ1v) is 8.25. The molecule has 0 spiro atoms. The van der Waals surface area contributed by atoms with Crippen molar-refractivity contribution in [2.24, 2.45) is 5.92 Å². The highest BCUT2D eigenvalue weighted by Crippen LogP contribution is 2.32. The van der Waals surface area contributed by atoms with E-state index in [1.54, 1.807) is 0 Å². The summed E-state index contributed by atoms with van der Waals surface area (Å²) in [7, 11) is 0. The van der Waals surface area contributed by atoms with Crippen LogP contribution < -0.4 is 5.32 Å². The lowest BCUT2D eigenvalue weighted by Gasteiger charge is -2.32. The Bertz CT molecular complexity index is 544. The van der Waals surface area contributed by atoms with Crippen LogP contribution >= 0.6 is 0 Å². The highest BCUT2D eigenvalue weighted by atomic mass is 16.5. The van der Waals surface area contributed by atoms with Crippen molar-refractivity contribution in [1.82, 2.24) is 10.2 Å². The molecule has 2 fully saturated rings. The fraction of sp³-hybridized carbons (Fsp3) is 0.611. The van der Waals surface area contributed by atoms with Crippen molar-refractivity contribution in [3.63, 3.8) is 0 Å². The van der Waals surface area contributed by atoms with Crippen LogP contribution in [0.1, 0.15) is 31.4 Å². The molecule has 22 heavy (non-hydrogen) atoms. The summed E-state index contributed by atoms with van der Waals surface area (Å²) >= 11 is 0. The van der Waals surface area contributed by atoms with Crippen molar-refractivity contribution in [3.8, 4) is 0 Å². The van der Waals surface area contributed by atoms with Crippen LogP contribution in [0, 0.1) is 12.8 Å². The molecule has 2 bridgehead atoms. The first-order chi connectivity index (χ1) is 10.5. The van der Waals surface area contributed by atoms with E-state index in [1.807, 2.05) is 13.8 Å². The molecule has 2 heterocycles. The maximum absolute atomic E-state index is 12.3. The van der Waals surface area contributed by atoms with Gasteiger partial charge in [-0.3, -0.25) is 9.69 Å². The Labute approximate surface area is 132 Å². The molecule has 4 nitrogen and oxygen atoms in total. The van der Waals surface area contributed by atoms with Crippen LogP contribution in [0.3, 0.4) is 0 Å². The number of ether oxygens (including phenoxy) is 1. The third-order valence-corrected chi connectivity index (χ3v) is 4.49. The van der Waals surface area contributed by atoms with Gasteiger partial charge < -0.3 is 10.1 Å². The van der Waals surface area contributed by atoms with E-state index in [2.05, 4.69) is 41.4 Å². The number of hydrogen-bond acceptors (Lipinski definition) is 3. The first-order valence-electron chi connectivity index (χ1n) is 8.25. The van der Waals surface area contributed by atoms with E-state index in [0.717, 1.165) is 26.1 Å². The van der Waals surface area contributed by atoms with Gasteiger partial charge in [0, 0.05) is 25.7 Å². The lowest BCUT2D eigenvalue weighted by molar-refractivity contribution is -0.128. The number of morpholine rings is 1. The SMILES string of the molecule is Cc1cccc(CN2C[C@H]3C[C@H](C(=O)NC(C)C)[C@@H](C2)O3)c1. The zero-order valence-corrected chi connectivity index (χ0v) is 13.7. The van der Waals surface area contributed by atoms with Gasteiger partial charge >= 0.3 is 0 Å². The topological polar surface area (TPSA) is 41.6 Å². The second-order valence-corrected chi connectivity index (χ2v) is 6.99. The number of fused-ring (bicyclic) bond motifs is 2. The van der Waals surface area contributed by atoms with Crippen LogP contribution in [0.4, 0.5) is 0 Å². The van der Waals surface area contributed by atoms with E-state index in [4.69, 9.17) is 4.74 Å². The lowest BCUT2D eigenvalue weighted by Crippen LogP contribution is -2.45.